The van der Waals surface area contributed by atoms with Gasteiger partial charge in [-0.15, -0.1) is 0 Å². The molecule has 4 nitrogen and oxygen atoms in total. The lowest BCUT2D eigenvalue weighted by Crippen LogP contribution is -2.56. The van der Waals surface area contributed by atoms with Gasteiger partial charge in [0, 0.05) is 6.04 Å². The zero-order chi connectivity index (χ0) is 13.3. The maximum Gasteiger partial charge on any atom is 0.323 e. The van der Waals surface area contributed by atoms with Crippen molar-refractivity contribution < 1.29 is 19.0 Å². The third-order valence-electron chi connectivity index (χ3n) is 3.19. The maximum absolute atomic E-state index is 12.9. The number of rotatable bonds is 2. The molecule has 0 aromatic heterocycles. The Hall–Kier alpha value is -1.46. The van der Waals surface area contributed by atoms with Gasteiger partial charge in [0.15, 0.2) is 0 Å². The number of ether oxygens (including phenoxy) is 1. The van der Waals surface area contributed by atoms with Gasteiger partial charge in [-0.25, -0.2) is 4.39 Å². The van der Waals surface area contributed by atoms with E-state index in [1.807, 2.05) is 6.92 Å². The molecule has 0 spiro atoms. The summed E-state index contributed by atoms with van der Waals surface area (Å²) >= 11 is 0. The molecule has 0 radical (unpaired) electrons. The molecule has 0 saturated carbocycles. The predicted molar refractivity (Wildman–Crippen MR) is 63.7 cm³/mol. The highest BCUT2D eigenvalue weighted by Gasteiger charge is 2.37. The van der Waals surface area contributed by atoms with Gasteiger partial charge in [-0.2, -0.15) is 0 Å². The Morgan fingerprint density at radius 3 is 2.50 bits per heavy atom. The van der Waals surface area contributed by atoms with Gasteiger partial charge in [0.1, 0.15) is 11.9 Å². The Balaban J connectivity index is 2.16. The summed E-state index contributed by atoms with van der Waals surface area (Å²) in [5.74, 6) is -1.22. The van der Waals surface area contributed by atoms with Crippen LogP contribution in [-0.4, -0.2) is 29.3 Å². The number of carboxylic acids is 1. The van der Waals surface area contributed by atoms with E-state index in [1.54, 1.807) is 19.1 Å². The first-order valence-corrected chi connectivity index (χ1v) is 5.89. The Bertz CT molecular complexity index is 434. The van der Waals surface area contributed by atoms with E-state index in [-0.39, 0.29) is 18.0 Å². The summed E-state index contributed by atoms with van der Waals surface area (Å²) in [5, 5.41) is 12.0. The number of hydrogen-bond donors (Lipinski definition) is 2. The van der Waals surface area contributed by atoms with Crippen molar-refractivity contribution in [2.75, 3.05) is 0 Å². The van der Waals surface area contributed by atoms with Crippen LogP contribution >= 0.6 is 0 Å². The standard InChI is InChI=1S/C13H16FNO3/c1-7-12(9-3-5-10(14)6-4-9)18-8(2)11(15-7)13(16)17/h3-8,11-12,15H,1-2H3,(H,16,17). The molecule has 0 bridgehead atoms. The van der Waals surface area contributed by atoms with Gasteiger partial charge in [0.05, 0.1) is 12.2 Å². The van der Waals surface area contributed by atoms with Crippen molar-refractivity contribution in [2.24, 2.45) is 0 Å². The topological polar surface area (TPSA) is 58.6 Å². The lowest BCUT2D eigenvalue weighted by molar-refractivity contribution is -0.152. The smallest absolute Gasteiger partial charge is 0.323 e. The van der Waals surface area contributed by atoms with Crippen molar-refractivity contribution in [2.45, 2.75) is 38.1 Å². The molecule has 0 aliphatic carbocycles. The molecular weight excluding hydrogens is 237 g/mol. The SMILES string of the molecule is CC1NC(C(=O)O)C(C)OC1c1ccc(F)cc1. The van der Waals surface area contributed by atoms with Crippen LogP contribution in [0.1, 0.15) is 25.5 Å². The summed E-state index contributed by atoms with van der Waals surface area (Å²) < 4.78 is 18.6. The fourth-order valence-corrected chi connectivity index (χ4v) is 2.23. The Morgan fingerprint density at radius 2 is 1.94 bits per heavy atom. The molecule has 1 aliphatic heterocycles. The van der Waals surface area contributed by atoms with Gasteiger partial charge < -0.3 is 9.84 Å². The van der Waals surface area contributed by atoms with Crippen LogP contribution in [0.2, 0.25) is 0 Å². The highest BCUT2D eigenvalue weighted by Crippen LogP contribution is 2.28. The minimum Gasteiger partial charge on any atom is -0.480 e. The van der Waals surface area contributed by atoms with E-state index in [4.69, 9.17) is 9.84 Å². The molecule has 1 fully saturated rings. The Kier molecular flexibility index (Phi) is 3.63. The zero-order valence-corrected chi connectivity index (χ0v) is 10.3. The molecule has 18 heavy (non-hydrogen) atoms. The van der Waals surface area contributed by atoms with Crippen LogP contribution in [0.5, 0.6) is 0 Å². The van der Waals surface area contributed by atoms with E-state index >= 15 is 0 Å². The minimum atomic E-state index is -0.924. The van der Waals surface area contributed by atoms with Gasteiger partial charge >= 0.3 is 5.97 Å². The molecule has 4 atom stereocenters. The highest BCUT2D eigenvalue weighted by molar-refractivity contribution is 5.74. The van der Waals surface area contributed by atoms with Gasteiger partial charge in [0.2, 0.25) is 0 Å². The van der Waals surface area contributed by atoms with Crippen molar-refractivity contribution in [3.8, 4) is 0 Å². The average Bonchev–Trinajstić information content (AvgIpc) is 2.32. The van der Waals surface area contributed by atoms with Gasteiger partial charge in [-0.3, -0.25) is 10.1 Å². The molecule has 98 valence electrons. The number of nitrogens with one attached hydrogen (secondary N) is 1. The van der Waals surface area contributed by atoms with Crippen molar-refractivity contribution >= 4 is 5.97 Å². The molecule has 4 unspecified atom stereocenters. The lowest BCUT2D eigenvalue weighted by Gasteiger charge is -2.38. The number of aliphatic carboxylic acids is 1. The van der Waals surface area contributed by atoms with Crippen molar-refractivity contribution in [3.05, 3.63) is 35.6 Å². The van der Waals surface area contributed by atoms with Crippen molar-refractivity contribution in [1.29, 1.82) is 0 Å². The summed E-state index contributed by atoms with van der Waals surface area (Å²) in [7, 11) is 0. The summed E-state index contributed by atoms with van der Waals surface area (Å²) in [6.45, 7) is 3.57. The first-order chi connectivity index (χ1) is 8.49. The fourth-order valence-electron chi connectivity index (χ4n) is 2.23. The second-order valence-electron chi connectivity index (χ2n) is 4.58. The first kappa shape index (κ1) is 13.0. The summed E-state index contributed by atoms with van der Waals surface area (Å²) in [4.78, 5) is 11.0. The van der Waals surface area contributed by atoms with Crippen LogP contribution in [0.15, 0.2) is 24.3 Å². The van der Waals surface area contributed by atoms with Gasteiger partial charge in [0.25, 0.3) is 0 Å². The zero-order valence-electron chi connectivity index (χ0n) is 10.3. The maximum atomic E-state index is 12.9. The Labute approximate surface area is 105 Å². The molecule has 1 saturated heterocycles. The van der Waals surface area contributed by atoms with E-state index in [1.165, 1.54) is 12.1 Å². The van der Waals surface area contributed by atoms with Gasteiger partial charge in [-0.1, -0.05) is 12.1 Å². The Morgan fingerprint density at radius 1 is 1.33 bits per heavy atom. The van der Waals surface area contributed by atoms with E-state index < -0.39 is 18.1 Å². The van der Waals surface area contributed by atoms with Gasteiger partial charge in [-0.05, 0) is 31.5 Å². The second kappa shape index (κ2) is 5.04. The monoisotopic (exact) mass is 253 g/mol. The molecule has 5 heteroatoms. The molecule has 1 aromatic carbocycles. The van der Waals surface area contributed by atoms with E-state index in [2.05, 4.69) is 5.32 Å². The fraction of sp³-hybridized carbons (Fsp3) is 0.462. The number of carboxylic acid groups (broad SMARTS) is 1. The summed E-state index contributed by atoms with van der Waals surface area (Å²) in [6, 6.07) is 5.21. The summed E-state index contributed by atoms with van der Waals surface area (Å²) in [6.07, 6.45) is -0.704. The van der Waals surface area contributed by atoms with Crippen LogP contribution in [0.4, 0.5) is 4.39 Å². The van der Waals surface area contributed by atoms with Crippen LogP contribution in [0.3, 0.4) is 0 Å². The third kappa shape index (κ3) is 2.52. The number of carbonyl (C=O) groups is 1. The normalized spacial score (nSPS) is 32.2. The van der Waals surface area contributed by atoms with E-state index in [0.29, 0.717) is 0 Å². The molecule has 2 N–H and O–H groups in total. The molecule has 1 aromatic rings. The first-order valence-electron chi connectivity index (χ1n) is 5.89. The van der Waals surface area contributed by atoms with Crippen LogP contribution in [-0.2, 0) is 9.53 Å². The van der Waals surface area contributed by atoms with Crippen molar-refractivity contribution in [1.82, 2.24) is 5.32 Å². The van der Waals surface area contributed by atoms with Crippen LogP contribution < -0.4 is 5.32 Å². The van der Waals surface area contributed by atoms with E-state index in [9.17, 15) is 9.18 Å². The minimum absolute atomic E-state index is 0.146. The molecule has 1 heterocycles. The van der Waals surface area contributed by atoms with E-state index in [0.717, 1.165) is 5.56 Å². The molecule has 2 rings (SSSR count). The number of halogens is 1. The lowest BCUT2D eigenvalue weighted by atomic mass is 9.98. The van der Waals surface area contributed by atoms with Crippen LogP contribution in [0, 0.1) is 5.82 Å². The second-order valence-corrected chi connectivity index (χ2v) is 4.58. The summed E-state index contributed by atoms with van der Waals surface area (Å²) in [5.41, 5.74) is 0.840. The molecular formula is C13H16FNO3. The average molecular weight is 253 g/mol. The quantitative estimate of drug-likeness (QED) is 0.842. The van der Waals surface area contributed by atoms with Crippen LogP contribution in [0.25, 0.3) is 0 Å². The third-order valence-corrected chi connectivity index (χ3v) is 3.19. The number of benzene rings is 1. The number of morpholine rings is 1. The molecule has 1 aliphatic rings. The largest absolute Gasteiger partial charge is 0.480 e. The highest BCUT2D eigenvalue weighted by atomic mass is 19.1. The predicted octanol–water partition coefficient (Wildman–Crippen LogP) is 1.72. The number of hydrogen-bond acceptors (Lipinski definition) is 3. The molecule has 0 amide bonds. The van der Waals surface area contributed by atoms with Crippen molar-refractivity contribution in [3.63, 3.8) is 0 Å².